The molecule has 2 fully saturated rings. The van der Waals surface area contributed by atoms with Gasteiger partial charge in [0, 0.05) is 33.7 Å². The maximum atomic E-state index is 4.71. The number of hydrogen-bond donors (Lipinski definition) is 1. The summed E-state index contributed by atoms with van der Waals surface area (Å²) in [5.41, 5.74) is 0. The van der Waals surface area contributed by atoms with Crippen LogP contribution in [0.2, 0.25) is 0 Å². The van der Waals surface area contributed by atoms with Gasteiger partial charge in [0.1, 0.15) is 0 Å². The summed E-state index contributed by atoms with van der Waals surface area (Å²) in [6.07, 6.45) is 7.83. The molecule has 2 heterocycles. The molecule has 0 bridgehead atoms. The molecule has 1 aromatic heterocycles. The monoisotopic (exact) mass is 290 g/mol. The zero-order valence-electron chi connectivity index (χ0n) is 13.2. The van der Waals surface area contributed by atoms with Crippen molar-refractivity contribution in [1.29, 1.82) is 0 Å². The van der Waals surface area contributed by atoms with Gasteiger partial charge in [0.15, 0.2) is 0 Å². The molecule has 21 heavy (non-hydrogen) atoms. The molecule has 1 aliphatic carbocycles. The molecular formula is C15H26N6. The molecule has 0 amide bonds. The molecule has 1 saturated carbocycles. The van der Waals surface area contributed by atoms with Crippen LogP contribution in [0.15, 0.2) is 0 Å². The summed E-state index contributed by atoms with van der Waals surface area (Å²) in [4.78, 5) is 18.2. The van der Waals surface area contributed by atoms with E-state index in [-0.39, 0.29) is 0 Å². The van der Waals surface area contributed by atoms with Gasteiger partial charge in [-0.15, -0.1) is 0 Å². The molecule has 0 unspecified atom stereocenters. The van der Waals surface area contributed by atoms with Crippen LogP contribution in [0, 0.1) is 5.92 Å². The first-order valence-electron chi connectivity index (χ1n) is 8.16. The Labute approximate surface area is 127 Å². The summed E-state index contributed by atoms with van der Waals surface area (Å²) >= 11 is 0. The quantitative estimate of drug-likeness (QED) is 0.896. The SMILES string of the molecule is CNc1nc(N(C)CC2CCC2)nc(N2CCCCC2)n1. The fourth-order valence-electron chi connectivity index (χ4n) is 3.02. The molecule has 0 radical (unpaired) electrons. The van der Waals surface area contributed by atoms with Crippen LogP contribution in [0.3, 0.4) is 0 Å². The Kier molecular flexibility index (Phi) is 4.41. The molecule has 0 atom stereocenters. The summed E-state index contributed by atoms with van der Waals surface area (Å²) in [5, 5.41) is 3.07. The van der Waals surface area contributed by atoms with Crippen LogP contribution in [0.4, 0.5) is 17.8 Å². The third kappa shape index (κ3) is 3.36. The zero-order valence-corrected chi connectivity index (χ0v) is 13.2. The molecule has 1 aliphatic heterocycles. The van der Waals surface area contributed by atoms with Crippen molar-refractivity contribution in [1.82, 2.24) is 15.0 Å². The first kappa shape index (κ1) is 14.4. The van der Waals surface area contributed by atoms with Crippen molar-refractivity contribution in [3.63, 3.8) is 0 Å². The third-order valence-corrected chi connectivity index (χ3v) is 4.57. The topological polar surface area (TPSA) is 57.2 Å². The molecule has 6 nitrogen and oxygen atoms in total. The number of hydrogen-bond acceptors (Lipinski definition) is 6. The smallest absolute Gasteiger partial charge is 0.231 e. The highest BCUT2D eigenvalue weighted by Gasteiger charge is 2.22. The standard InChI is InChI=1S/C15H26N6/c1-16-13-17-14(20(2)11-12-7-6-8-12)19-15(18-13)21-9-4-3-5-10-21/h12H,3-11H2,1-2H3,(H,16,17,18,19). The molecule has 1 aromatic rings. The van der Waals surface area contributed by atoms with E-state index in [1.54, 1.807) is 0 Å². The molecule has 3 rings (SSSR count). The van der Waals surface area contributed by atoms with Crippen LogP contribution in [0.1, 0.15) is 38.5 Å². The molecule has 0 spiro atoms. The zero-order chi connectivity index (χ0) is 14.7. The number of nitrogens with zero attached hydrogens (tertiary/aromatic N) is 5. The lowest BCUT2D eigenvalue weighted by atomic mass is 9.85. The van der Waals surface area contributed by atoms with Gasteiger partial charge < -0.3 is 15.1 Å². The average Bonchev–Trinajstić information content (AvgIpc) is 2.51. The number of nitrogens with one attached hydrogen (secondary N) is 1. The van der Waals surface area contributed by atoms with Crippen molar-refractivity contribution in [2.75, 3.05) is 48.8 Å². The fraction of sp³-hybridized carbons (Fsp3) is 0.800. The molecule has 6 heteroatoms. The molecule has 2 aliphatic rings. The Balaban J connectivity index is 1.77. The maximum Gasteiger partial charge on any atom is 0.231 e. The fourth-order valence-corrected chi connectivity index (χ4v) is 3.02. The summed E-state index contributed by atoms with van der Waals surface area (Å²) in [6, 6.07) is 0. The summed E-state index contributed by atoms with van der Waals surface area (Å²) in [7, 11) is 3.96. The minimum atomic E-state index is 0.668. The lowest BCUT2D eigenvalue weighted by molar-refractivity contribution is 0.320. The van der Waals surface area contributed by atoms with Gasteiger partial charge in [0.25, 0.3) is 0 Å². The first-order chi connectivity index (χ1) is 10.3. The van der Waals surface area contributed by atoms with E-state index in [1.165, 1.54) is 38.5 Å². The Morgan fingerprint density at radius 3 is 2.48 bits per heavy atom. The van der Waals surface area contributed by atoms with Gasteiger partial charge in [-0.1, -0.05) is 6.42 Å². The van der Waals surface area contributed by atoms with E-state index in [9.17, 15) is 0 Å². The van der Waals surface area contributed by atoms with Crippen molar-refractivity contribution in [3.8, 4) is 0 Å². The number of aromatic nitrogens is 3. The number of piperidine rings is 1. The Morgan fingerprint density at radius 1 is 1.10 bits per heavy atom. The largest absolute Gasteiger partial charge is 0.357 e. The van der Waals surface area contributed by atoms with Crippen molar-refractivity contribution in [3.05, 3.63) is 0 Å². The molecule has 116 valence electrons. The van der Waals surface area contributed by atoms with Gasteiger partial charge in [0.05, 0.1) is 0 Å². The van der Waals surface area contributed by atoms with Crippen molar-refractivity contribution >= 4 is 17.8 Å². The van der Waals surface area contributed by atoms with Crippen LogP contribution in [0.25, 0.3) is 0 Å². The van der Waals surface area contributed by atoms with Crippen LogP contribution < -0.4 is 15.1 Å². The lowest BCUT2D eigenvalue weighted by Gasteiger charge is -2.31. The average molecular weight is 290 g/mol. The highest BCUT2D eigenvalue weighted by Crippen LogP contribution is 2.28. The van der Waals surface area contributed by atoms with E-state index in [1.807, 2.05) is 7.05 Å². The van der Waals surface area contributed by atoms with Crippen LogP contribution in [-0.4, -0.2) is 48.7 Å². The van der Waals surface area contributed by atoms with Crippen LogP contribution >= 0.6 is 0 Å². The molecule has 0 aromatic carbocycles. The summed E-state index contributed by atoms with van der Waals surface area (Å²) < 4.78 is 0. The van der Waals surface area contributed by atoms with Gasteiger partial charge >= 0.3 is 0 Å². The maximum absolute atomic E-state index is 4.71. The van der Waals surface area contributed by atoms with Crippen LogP contribution in [-0.2, 0) is 0 Å². The van der Waals surface area contributed by atoms with Gasteiger partial charge in [-0.25, -0.2) is 0 Å². The Hall–Kier alpha value is -1.59. The second-order valence-corrected chi connectivity index (χ2v) is 6.23. The lowest BCUT2D eigenvalue weighted by Crippen LogP contribution is -2.34. The van der Waals surface area contributed by atoms with Gasteiger partial charge in [0.2, 0.25) is 17.8 Å². The first-order valence-corrected chi connectivity index (χ1v) is 8.16. The predicted molar refractivity (Wildman–Crippen MR) is 86.0 cm³/mol. The second-order valence-electron chi connectivity index (χ2n) is 6.23. The second kappa shape index (κ2) is 6.45. The highest BCUT2D eigenvalue weighted by molar-refractivity contribution is 5.44. The summed E-state index contributed by atoms with van der Waals surface area (Å²) in [6.45, 7) is 3.16. The minimum Gasteiger partial charge on any atom is -0.357 e. The van der Waals surface area contributed by atoms with E-state index in [0.717, 1.165) is 37.4 Å². The summed E-state index contributed by atoms with van der Waals surface area (Å²) in [5.74, 6) is 3.09. The van der Waals surface area contributed by atoms with E-state index in [2.05, 4.69) is 32.1 Å². The molecule has 1 N–H and O–H groups in total. The van der Waals surface area contributed by atoms with E-state index in [0.29, 0.717) is 5.95 Å². The molecule has 1 saturated heterocycles. The van der Waals surface area contributed by atoms with Gasteiger partial charge in [-0.05, 0) is 38.0 Å². The highest BCUT2D eigenvalue weighted by atomic mass is 15.4. The van der Waals surface area contributed by atoms with E-state index in [4.69, 9.17) is 4.98 Å². The van der Waals surface area contributed by atoms with E-state index >= 15 is 0 Å². The minimum absolute atomic E-state index is 0.668. The Bertz CT molecular complexity index is 467. The van der Waals surface area contributed by atoms with Crippen molar-refractivity contribution in [2.24, 2.45) is 5.92 Å². The number of rotatable bonds is 5. The third-order valence-electron chi connectivity index (χ3n) is 4.57. The van der Waals surface area contributed by atoms with Gasteiger partial charge in [-0.3, -0.25) is 0 Å². The van der Waals surface area contributed by atoms with Gasteiger partial charge in [-0.2, -0.15) is 15.0 Å². The van der Waals surface area contributed by atoms with Crippen LogP contribution in [0.5, 0.6) is 0 Å². The van der Waals surface area contributed by atoms with Crippen molar-refractivity contribution in [2.45, 2.75) is 38.5 Å². The van der Waals surface area contributed by atoms with Crippen molar-refractivity contribution < 1.29 is 0 Å². The number of anilines is 3. The normalized spacial score (nSPS) is 19.2. The van der Waals surface area contributed by atoms with E-state index < -0.39 is 0 Å². The molecular weight excluding hydrogens is 264 g/mol. The Morgan fingerprint density at radius 2 is 1.86 bits per heavy atom. The predicted octanol–water partition coefficient (Wildman–Crippen LogP) is 2.14.